The Bertz CT molecular complexity index is 690. The molecule has 0 aliphatic carbocycles. The van der Waals surface area contributed by atoms with Gasteiger partial charge in [0.1, 0.15) is 5.01 Å². The summed E-state index contributed by atoms with van der Waals surface area (Å²) < 4.78 is 0. The number of piperidine rings is 1. The van der Waals surface area contributed by atoms with Gasteiger partial charge in [-0.15, -0.1) is 11.3 Å². The Labute approximate surface area is 146 Å². The Morgan fingerprint density at radius 1 is 1.25 bits per heavy atom. The first-order valence-electron chi connectivity index (χ1n) is 8.54. The number of amides is 1. The van der Waals surface area contributed by atoms with Crippen LogP contribution < -0.4 is 0 Å². The maximum atomic E-state index is 12.7. The summed E-state index contributed by atoms with van der Waals surface area (Å²) in [5, 5.41) is 3.22. The summed E-state index contributed by atoms with van der Waals surface area (Å²) in [5.41, 5.74) is 0.958. The SMILES string of the molecule is O=C(c1cccnc1)N1CCCC2(CCN(Cc3nccs3)C2)C1. The van der Waals surface area contributed by atoms with Gasteiger partial charge in [0, 0.05) is 49.0 Å². The third-order valence-electron chi connectivity index (χ3n) is 5.22. The third-order valence-corrected chi connectivity index (χ3v) is 5.98. The van der Waals surface area contributed by atoms with Crippen LogP contribution in [0.1, 0.15) is 34.6 Å². The Morgan fingerprint density at radius 3 is 3.00 bits per heavy atom. The predicted molar refractivity (Wildman–Crippen MR) is 93.8 cm³/mol. The Balaban J connectivity index is 1.42. The summed E-state index contributed by atoms with van der Waals surface area (Å²) >= 11 is 1.72. The second-order valence-electron chi connectivity index (χ2n) is 6.96. The number of rotatable bonds is 3. The van der Waals surface area contributed by atoms with Crippen LogP contribution in [0.2, 0.25) is 0 Å². The summed E-state index contributed by atoms with van der Waals surface area (Å²) in [4.78, 5) is 25.8. The number of aromatic nitrogens is 2. The molecule has 6 heteroatoms. The average molecular weight is 342 g/mol. The number of pyridine rings is 1. The summed E-state index contributed by atoms with van der Waals surface area (Å²) in [5.74, 6) is 0.126. The minimum atomic E-state index is 0.126. The summed E-state index contributed by atoms with van der Waals surface area (Å²) in [6.07, 6.45) is 8.75. The van der Waals surface area contributed by atoms with Gasteiger partial charge in [-0.2, -0.15) is 0 Å². The van der Waals surface area contributed by atoms with Crippen LogP contribution in [0, 0.1) is 5.41 Å². The number of carbonyl (C=O) groups is 1. The smallest absolute Gasteiger partial charge is 0.255 e. The van der Waals surface area contributed by atoms with E-state index in [0.29, 0.717) is 5.56 Å². The van der Waals surface area contributed by atoms with Crippen LogP contribution in [0.3, 0.4) is 0 Å². The molecule has 0 saturated carbocycles. The van der Waals surface area contributed by atoms with Crippen molar-refractivity contribution in [3.05, 3.63) is 46.7 Å². The fourth-order valence-electron chi connectivity index (χ4n) is 4.07. The molecule has 2 aromatic heterocycles. The van der Waals surface area contributed by atoms with Gasteiger partial charge in [0.25, 0.3) is 5.91 Å². The highest BCUT2D eigenvalue weighted by atomic mass is 32.1. The zero-order valence-electron chi connectivity index (χ0n) is 13.7. The molecule has 1 amide bonds. The molecule has 0 aromatic carbocycles. The number of likely N-dealkylation sites (tertiary alicyclic amines) is 2. The largest absolute Gasteiger partial charge is 0.338 e. The lowest BCUT2D eigenvalue weighted by molar-refractivity contribution is 0.0526. The molecule has 2 aliphatic rings. The Morgan fingerprint density at radius 2 is 2.21 bits per heavy atom. The molecule has 0 radical (unpaired) electrons. The zero-order valence-corrected chi connectivity index (χ0v) is 14.5. The molecule has 0 bridgehead atoms. The predicted octanol–water partition coefficient (Wildman–Crippen LogP) is 2.67. The molecular formula is C18H22N4OS. The maximum absolute atomic E-state index is 12.7. The topological polar surface area (TPSA) is 49.3 Å². The standard InChI is InChI=1S/C18H22N4OS/c23-17(15-3-1-6-19-11-15)22-8-2-4-18(14-22)5-9-21(13-18)12-16-20-7-10-24-16/h1,3,6-7,10-11H,2,4-5,8-9,12-14H2. The van der Waals surface area contributed by atoms with Crippen molar-refractivity contribution >= 4 is 17.2 Å². The van der Waals surface area contributed by atoms with Gasteiger partial charge in [-0.25, -0.2) is 4.98 Å². The van der Waals surface area contributed by atoms with E-state index in [9.17, 15) is 4.79 Å². The molecule has 24 heavy (non-hydrogen) atoms. The van der Waals surface area contributed by atoms with E-state index in [1.54, 1.807) is 23.7 Å². The van der Waals surface area contributed by atoms with E-state index in [4.69, 9.17) is 0 Å². The summed E-state index contributed by atoms with van der Waals surface area (Å²) in [6, 6.07) is 3.69. The van der Waals surface area contributed by atoms with E-state index < -0.39 is 0 Å². The molecule has 126 valence electrons. The lowest BCUT2D eigenvalue weighted by Crippen LogP contribution is -2.47. The molecule has 2 aromatic rings. The third kappa shape index (κ3) is 3.21. The van der Waals surface area contributed by atoms with Crippen LogP contribution in [0.4, 0.5) is 0 Å². The highest BCUT2D eigenvalue weighted by Crippen LogP contribution is 2.39. The molecule has 2 fully saturated rings. The van der Waals surface area contributed by atoms with Gasteiger partial charge in [0.2, 0.25) is 0 Å². The van der Waals surface area contributed by atoms with E-state index in [2.05, 4.69) is 14.9 Å². The molecular weight excluding hydrogens is 320 g/mol. The van der Waals surface area contributed by atoms with Gasteiger partial charge in [-0.1, -0.05) is 0 Å². The van der Waals surface area contributed by atoms with Crippen molar-refractivity contribution < 1.29 is 4.79 Å². The van der Waals surface area contributed by atoms with Gasteiger partial charge >= 0.3 is 0 Å². The number of thiazole rings is 1. The molecule has 4 heterocycles. The van der Waals surface area contributed by atoms with Crippen LogP contribution >= 0.6 is 11.3 Å². The van der Waals surface area contributed by atoms with Gasteiger partial charge in [0.15, 0.2) is 0 Å². The van der Waals surface area contributed by atoms with E-state index >= 15 is 0 Å². The first-order chi connectivity index (χ1) is 11.7. The van der Waals surface area contributed by atoms with Crippen LogP contribution in [0.5, 0.6) is 0 Å². The van der Waals surface area contributed by atoms with E-state index in [0.717, 1.165) is 39.1 Å². The summed E-state index contributed by atoms with van der Waals surface area (Å²) in [7, 11) is 0. The van der Waals surface area contributed by atoms with Crippen molar-refractivity contribution in [2.45, 2.75) is 25.8 Å². The van der Waals surface area contributed by atoms with Crippen molar-refractivity contribution in [1.29, 1.82) is 0 Å². The summed E-state index contributed by atoms with van der Waals surface area (Å²) in [6.45, 7) is 4.85. The molecule has 1 spiro atoms. The van der Waals surface area contributed by atoms with E-state index in [1.165, 1.54) is 17.8 Å². The second-order valence-corrected chi connectivity index (χ2v) is 7.94. The molecule has 0 N–H and O–H groups in total. The molecule has 2 aliphatic heterocycles. The minimum Gasteiger partial charge on any atom is -0.338 e. The van der Waals surface area contributed by atoms with Crippen molar-refractivity contribution in [3.8, 4) is 0 Å². The van der Waals surface area contributed by atoms with Crippen LogP contribution in [0.25, 0.3) is 0 Å². The maximum Gasteiger partial charge on any atom is 0.255 e. The van der Waals surface area contributed by atoms with Gasteiger partial charge in [0.05, 0.1) is 12.1 Å². The number of nitrogens with zero attached hydrogens (tertiary/aromatic N) is 4. The van der Waals surface area contributed by atoms with Crippen LogP contribution in [-0.4, -0.2) is 51.9 Å². The monoisotopic (exact) mass is 342 g/mol. The lowest BCUT2D eigenvalue weighted by atomic mass is 9.79. The minimum absolute atomic E-state index is 0.126. The van der Waals surface area contributed by atoms with Crippen LogP contribution in [0.15, 0.2) is 36.1 Å². The first-order valence-corrected chi connectivity index (χ1v) is 9.42. The quantitative estimate of drug-likeness (QED) is 0.860. The average Bonchev–Trinajstić information content (AvgIpc) is 3.26. The highest BCUT2D eigenvalue weighted by Gasteiger charge is 2.42. The first kappa shape index (κ1) is 15.7. The molecule has 1 atom stereocenters. The van der Waals surface area contributed by atoms with Crippen molar-refractivity contribution in [2.75, 3.05) is 26.2 Å². The Hall–Kier alpha value is -1.79. The molecule has 5 nitrogen and oxygen atoms in total. The number of hydrogen-bond acceptors (Lipinski definition) is 5. The van der Waals surface area contributed by atoms with E-state index in [1.807, 2.05) is 28.6 Å². The van der Waals surface area contributed by atoms with E-state index in [-0.39, 0.29) is 11.3 Å². The van der Waals surface area contributed by atoms with Gasteiger partial charge in [-0.05, 0) is 37.9 Å². The van der Waals surface area contributed by atoms with Crippen molar-refractivity contribution in [2.24, 2.45) is 5.41 Å². The van der Waals surface area contributed by atoms with Crippen LogP contribution in [-0.2, 0) is 6.54 Å². The second kappa shape index (κ2) is 6.61. The number of carbonyl (C=O) groups excluding carboxylic acids is 1. The number of hydrogen-bond donors (Lipinski definition) is 0. The molecule has 4 rings (SSSR count). The van der Waals surface area contributed by atoms with Gasteiger partial charge < -0.3 is 4.90 Å². The van der Waals surface area contributed by atoms with Crippen molar-refractivity contribution in [1.82, 2.24) is 19.8 Å². The Kier molecular flexibility index (Phi) is 4.33. The normalized spacial score (nSPS) is 24.6. The van der Waals surface area contributed by atoms with Gasteiger partial charge in [-0.3, -0.25) is 14.7 Å². The molecule has 1 unspecified atom stereocenters. The lowest BCUT2D eigenvalue weighted by Gasteiger charge is -2.40. The molecule has 2 saturated heterocycles. The fourth-order valence-corrected chi connectivity index (χ4v) is 4.73. The highest BCUT2D eigenvalue weighted by molar-refractivity contribution is 7.09. The van der Waals surface area contributed by atoms with Crippen molar-refractivity contribution in [3.63, 3.8) is 0 Å². The fraction of sp³-hybridized carbons (Fsp3) is 0.500. The zero-order chi connectivity index (χ0) is 16.4.